The lowest BCUT2D eigenvalue weighted by atomic mass is 9.94. The standard InChI is InChI=1S/C23H25N5O3/c1-27-9-8-23(13-27)20(29)19(22-25-17-6-4-5-7-18(17)26-22)21(24)28(23)14-10-15(30-2)12-16(11-14)31-3/h4-7,10-12,24,29H,8-9,13H2,1-3H3,(H,25,26). The normalized spacial score (nSPS) is 21.6. The van der Waals surface area contributed by atoms with Crippen LogP contribution in [0.5, 0.6) is 11.5 Å². The number of rotatable bonds is 4. The van der Waals surface area contributed by atoms with Crippen LogP contribution in [0.2, 0.25) is 0 Å². The minimum absolute atomic E-state index is 0.169. The molecule has 8 nitrogen and oxygen atoms in total. The van der Waals surface area contributed by atoms with E-state index in [2.05, 4.69) is 14.9 Å². The molecule has 3 aromatic rings. The van der Waals surface area contributed by atoms with Gasteiger partial charge >= 0.3 is 0 Å². The van der Waals surface area contributed by atoms with Crippen LogP contribution < -0.4 is 14.4 Å². The number of nitrogens with zero attached hydrogens (tertiary/aromatic N) is 3. The molecule has 1 unspecified atom stereocenters. The number of aromatic nitrogens is 2. The molecule has 5 rings (SSSR count). The quantitative estimate of drug-likeness (QED) is 0.600. The molecule has 1 atom stereocenters. The third-order valence-electron chi connectivity index (χ3n) is 6.23. The second-order valence-electron chi connectivity index (χ2n) is 8.10. The van der Waals surface area contributed by atoms with Crippen LogP contribution in [0.4, 0.5) is 5.69 Å². The predicted molar refractivity (Wildman–Crippen MR) is 120 cm³/mol. The first-order chi connectivity index (χ1) is 15.0. The number of likely N-dealkylation sites (tertiary alicyclic amines) is 1. The van der Waals surface area contributed by atoms with Gasteiger partial charge in [-0.15, -0.1) is 0 Å². The number of fused-ring (bicyclic) bond motifs is 1. The molecule has 2 aliphatic rings. The van der Waals surface area contributed by atoms with E-state index >= 15 is 0 Å². The number of methoxy groups -OCH3 is 2. The number of aromatic amines is 1. The van der Waals surface area contributed by atoms with Gasteiger partial charge in [0.15, 0.2) is 0 Å². The predicted octanol–water partition coefficient (Wildman–Crippen LogP) is 3.42. The van der Waals surface area contributed by atoms with Crippen LogP contribution in [0.3, 0.4) is 0 Å². The largest absolute Gasteiger partial charge is 0.509 e. The first-order valence-corrected chi connectivity index (χ1v) is 10.2. The molecule has 2 aliphatic heterocycles. The second kappa shape index (κ2) is 7.02. The molecular formula is C23H25N5O3. The number of ether oxygens (including phenoxy) is 2. The van der Waals surface area contributed by atoms with Crippen molar-refractivity contribution >= 4 is 28.1 Å². The summed E-state index contributed by atoms with van der Waals surface area (Å²) in [6.07, 6.45) is 0.682. The maximum atomic E-state index is 11.5. The molecule has 0 saturated carbocycles. The highest BCUT2D eigenvalue weighted by atomic mass is 16.5. The van der Waals surface area contributed by atoms with E-state index in [1.54, 1.807) is 20.3 Å². The highest BCUT2D eigenvalue weighted by Gasteiger charge is 2.55. The zero-order chi connectivity index (χ0) is 21.8. The van der Waals surface area contributed by atoms with E-state index < -0.39 is 5.54 Å². The van der Waals surface area contributed by atoms with Gasteiger partial charge in [0.2, 0.25) is 0 Å². The van der Waals surface area contributed by atoms with Crippen molar-refractivity contribution < 1.29 is 14.6 Å². The second-order valence-corrected chi connectivity index (χ2v) is 8.10. The Balaban J connectivity index is 1.69. The van der Waals surface area contributed by atoms with Crippen LogP contribution in [0.15, 0.2) is 48.2 Å². The van der Waals surface area contributed by atoms with Crippen molar-refractivity contribution in [2.45, 2.75) is 12.0 Å². The number of aliphatic hydroxyl groups excluding tert-OH is 1. The van der Waals surface area contributed by atoms with Gasteiger partial charge in [-0.2, -0.15) is 0 Å². The van der Waals surface area contributed by atoms with Crippen molar-refractivity contribution in [1.82, 2.24) is 14.9 Å². The summed E-state index contributed by atoms with van der Waals surface area (Å²) in [4.78, 5) is 12.0. The first-order valence-electron chi connectivity index (χ1n) is 10.2. The van der Waals surface area contributed by atoms with Crippen molar-refractivity contribution in [2.24, 2.45) is 0 Å². The van der Waals surface area contributed by atoms with Gasteiger partial charge in [0.05, 0.1) is 36.5 Å². The Morgan fingerprint density at radius 3 is 2.45 bits per heavy atom. The van der Waals surface area contributed by atoms with Crippen LogP contribution in [0.25, 0.3) is 16.6 Å². The smallest absolute Gasteiger partial charge is 0.145 e. The Labute approximate surface area is 180 Å². The van der Waals surface area contributed by atoms with E-state index in [0.29, 0.717) is 35.9 Å². The molecule has 160 valence electrons. The van der Waals surface area contributed by atoms with Gasteiger partial charge in [-0.05, 0) is 25.6 Å². The molecule has 2 aromatic carbocycles. The molecule has 1 saturated heterocycles. The fourth-order valence-electron chi connectivity index (χ4n) is 4.73. The van der Waals surface area contributed by atoms with Crippen LogP contribution in [-0.4, -0.2) is 65.7 Å². The molecule has 3 heterocycles. The Kier molecular flexibility index (Phi) is 4.40. The van der Waals surface area contributed by atoms with Crippen molar-refractivity contribution in [1.29, 1.82) is 5.41 Å². The van der Waals surface area contributed by atoms with Gasteiger partial charge in [0, 0.05) is 31.3 Å². The fourth-order valence-corrected chi connectivity index (χ4v) is 4.73. The molecule has 1 fully saturated rings. The van der Waals surface area contributed by atoms with Gasteiger partial charge in [0.1, 0.15) is 34.5 Å². The highest BCUT2D eigenvalue weighted by molar-refractivity contribution is 6.31. The average molecular weight is 419 g/mol. The van der Waals surface area contributed by atoms with Crippen molar-refractivity contribution in [3.8, 4) is 11.5 Å². The molecular weight excluding hydrogens is 394 g/mol. The number of imidazole rings is 1. The summed E-state index contributed by atoms with van der Waals surface area (Å²) >= 11 is 0. The summed E-state index contributed by atoms with van der Waals surface area (Å²) in [6.45, 7) is 1.40. The van der Waals surface area contributed by atoms with Gasteiger partial charge in [-0.3, -0.25) is 5.41 Å². The maximum absolute atomic E-state index is 11.5. The Bertz CT molecular complexity index is 1160. The lowest BCUT2D eigenvalue weighted by molar-refractivity contribution is 0.298. The molecule has 0 bridgehead atoms. The van der Waals surface area contributed by atoms with E-state index in [9.17, 15) is 5.11 Å². The number of para-hydroxylation sites is 2. The monoisotopic (exact) mass is 419 g/mol. The number of hydrogen-bond donors (Lipinski definition) is 3. The Morgan fingerprint density at radius 1 is 1.13 bits per heavy atom. The van der Waals surface area contributed by atoms with E-state index in [-0.39, 0.29) is 11.6 Å². The lowest BCUT2D eigenvalue weighted by Gasteiger charge is -2.36. The van der Waals surface area contributed by atoms with Crippen LogP contribution in [0, 0.1) is 5.41 Å². The van der Waals surface area contributed by atoms with Crippen LogP contribution in [0.1, 0.15) is 12.2 Å². The minimum atomic E-state index is -0.752. The summed E-state index contributed by atoms with van der Waals surface area (Å²) in [5.41, 5.74) is 2.06. The zero-order valence-corrected chi connectivity index (χ0v) is 17.8. The third-order valence-corrected chi connectivity index (χ3v) is 6.23. The molecule has 1 aromatic heterocycles. The van der Waals surface area contributed by atoms with Crippen molar-refractivity contribution in [3.05, 3.63) is 54.0 Å². The number of benzene rings is 2. The maximum Gasteiger partial charge on any atom is 0.145 e. The number of aliphatic hydroxyl groups is 1. The molecule has 31 heavy (non-hydrogen) atoms. The van der Waals surface area contributed by atoms with E-state index in [0.717, 1.165) is 23.3 Å². The molecule has 0 aliphatic carbocycles. The summed E-state index contributed by atoms with van der Waals surface area (Å²) in [7, 11) is 5.22. The van der Waals surface area contributed by atoms with E-state index in [1.165, 1.54) is 0 Å². The first kappa shape index (κ1) is 19.4. The molecule has 3 N–H and O–H groups in total. The SMILES string of the molecule is COc1cc(OC)cc(N2C(=N)C(c3nc4ccccc4[nH]3)=C(O)C23CCN(C)C3)c1. The van der Waals surface area contributed by atoms with Gasteiger partial charge in [-0.25, -0.2) is 4.98 Å². The lowest BCUT2D eigenvalue weighted by Crippen LogP contribution is -2.50. The number of H-pyrrole nitrogens is 1. The molecule has 0 amide bonds. The Hall–Kier alpha value is -3.52. The number of likely N-dealkylation sites (N-methyl/N-ethyl adjacent to an activating group) is 1. The van der Waals surface area contributed by atoms with Crippen molar-refractivity contribution in [2.75, 3.05) is 39.3 Å². The Morgan fingerprint density at radius 2 is 1.84 bits per heavy atom. The van der Waals surface area contributed by atoms with Gasteiger partial charge in [0.25, 0.3) is 0 Å². The minimum Gasteiger partial charge on any atom is -0.509 e. The third kappa shape index (κ3) is 2.86. The van der Waals surface area contributed by atoms with E-state index in [4.69, 9.17) is 14.9 Å². The summed E-state index contributed by atoms with van der Waals surface area (Å²) in [6, 6.07) is 13.2. The molecule has 0 radical (unpaired) electrons. The highest BCUT2D eigenvalue weighted by Crippen LogP contribution is 2.47. The fraction of sp³-hybridized carbons (Fsp3) is 0.304. The summed E-state index contributed by atoms with van der Waals surface area (Å²) < 4.78 is 10.9. The topological polar surface area (TPSA) is 97.7 Å². The summed E-state index contributed by atoms with van der Waals surface area (Å²) in [5.74, 6) is 2.11. The molecule has 1 spiro atoms. The van der Waals surface area contributed by atoms with Gasteiger partial charge in [-0.1, -0.05) is 12.1 Å². The van der Waals surface area contributed by atoms with Crippen molar-refractivity contribution in [3.63, 3.8) is 0 Å². The number of nitrogens with one attached hydrogen (secondary N) is 2. The molecule has 8 heteroatoms. The number of amidine groups is 1. The number of anilines is 1. The zero-order valence-electron chi connectivity index (χ0n) is 17.8. The number of hydrogen-bond acceptors (Lipinski definition) is 6. The van der Waals surface area contributed by atoms with E-state index in [1.807, 2.05) is 48.3 Å². The van der Waals surface area contributed by atoms with Crippen LogP contribution >= 0.6 is 0 Å². The average Bonchev–Trinajstić information content (AvgIpc) is 3.42. The van der Waals surface area contributed by atoms with Gasteiger partial charge < -0.3 is 29.4 Å². The summed E-state index contributed by atoms with van der Waals surface area (Å²) in [5, 5.41) is 20.6. The van der Waals surface area contributed by atoms with Crippen LogP contribution in [-0.2, 0) is 0 Å².